The summed E-state index contributed by atoms with van der Waals surface area (Å²) in [6.07, 6.45) is 4.84. The summed E-state index contributed by atoms with van der Waals surface area (Å²) in [7, 11) is -4.02. The number of amides is 1. The van der Waals surface area contributed by atoms with Gasteiger partial charge >= 0.3 is 0 Å². The molecule has 0 bridgehead atoms. The van der Waals surface area contributed by atoms with Crippen molar-refractivity contribution in [2.75, 3.05) is 24.1 Å². The van der Waals surface area contributed by atoms with Gasteiger partial charge in [0, 0.05) is 18.0 Å². The van der Waals surface area contributed by atoms with Crippen LogP contribution >= 0.6 is 11.8 Å². The van der Waals surface area contributed by atoms with Gasteiger partial charge in [-0.1, -0.05) is 12.1 Å². The summed E-state index contributed by atoms with van der Waals surface area (Å²) in [5, 5.41) is 0. The number of carbonyl (C=O) groups is 1. The lowest BCUT2D eigenvalue weighted by atomic mass is 10.1. The SMILES string of the molecule is CSc1ccc(S(=O)(=O)Nc2ccccc2F)cc1C(=O)N1CCCCC1. The second-order valence-corrected chi connectivity index (χ2v) is 8.83. The Balaban J connectivity index is 1.94. The molecule has 27 heavy (non-hydrogen) atoms. The Morgan fingerprint density at radius 2 is 1.81 bits per heavy atom. The number of para-hydroxylation sites is 1. The van der Waals surface area contributed by atoms with Crippen LogP contribution in [0.3, 0.4) is 0 Å². The molecular weight excluding hydrogens is 387 g/mol. The highest BCUT2D eigenvalue weighted by atomic mass is 32.2. The molecule has 0 radical (unpaired) electrons. The molecule has 0 aliphatic carbocycles. The van der Waals surface area contributed by atoms with Crippen molar-refractivity contribution in [3.05, 3.63) is 53.8 Å². The molecule has 8 heteroatoms. The lowest BCUT2D eigenvalue weighted by Gasteiger charge is -2.27. The number of hydrogen-bond donors (Lipinski definition) is 1. The zero-order chi connectivity index (χ0) is 19.4. The van der Waals surface area contributed by atoms with Crippen LogP contribution in [0.15, 0.2) is 52.3 Å². The molecule has 0 saturated carbocycles. The Kier molecular flexibility index (Phi) is 6.06. The Labute approximate surface area is 163 Å². The van der Waals surface area contributed by atoms with Gasteiger partial charge in [-0.15, -0.1) is 11.8 Å². The van der Waals surface area contributed by atoms with Crippen LogP contribution in [0.25, 0.3) is 0 Å². The molecule has 144 valence electrons. The predicted octanol–water partition coefficient (Wildman–Crippen LogP) is 3.97. The monoisotopic (exact) mass is 408 g/mol. The van der Waals surface area contributed by atoms with Crippen molar-refractivity contribution in [2.24, 2.45) is 0 Å². The number of piperidine rings is 1. The first kappa shape index (κ1) is 19.7. The van der Waals surface area contributed by atoms with E-state index in [1.807, 2.05) is 6.26 Å². The summed E-state index contributed by atoms with van der Waals surface area (Å²) in [5.74, 6) is -0.826. The molecular formula is C19H21FN2O3S2. The van der Waals surface area contributed by atoms with Crippen LogP contribution in [0, 0.1) is 5.82 Å². The number of sulfonamides is 1. The average molecular weight is 409 g/mol. The topological polar surface area (TPSA) is 66.5 Å². The van der Waals surface area contributed by atoms with E-state index in [1.165, 1.54) is 42.1 Å². The average Bonchev–Trinajstić information content (AvgIpc) is 2.69. The Morgan fingerprint density at radius 3 is 2.48 bits per heavy atom. The standard InChI is InChI=1S/C19H21FN2O3S2/c1-26-18-10-9-14(13-15(18)19(23)22-11-5-2-6-12-22)27(24,25)21-17-8-4-3-7-16(17)20/h3-4,7-10,13,21H,2,5-6,11-12H2,1H3. The van der Waals surface area contributed by atoms with E-state index in [1.54, 1.807) is 17.0 Å². The third-order valence-electron chi connectivity index (χ3n) is 4.47. The van der Waals surface area contributed by atoms with Gasteiger partial charge in [0.25, 0.3) is 15.9 Å². The summed E-state index contributed by atoms with van der Waals surface area (Å²) in [5.41, 5.74) is 0.233. The molecule has 1 heterocycles. The van der Waals surface area contributed by atoms with Gasteiger partial charge in [0.2, 0.25) is 0 Å². The second kappa shape index (κ2) is 8.31. The van der Waals surface area contributed by atoms with Crippen LogP contribution in [-0.4, -0.2) is 38.6 Å². The fourth-order valence-electron chi connectivity index (χ4n) is 3.04. The van der Waals surface area contributed by atoms with Crippen molar-refractivity contribution < 1.29 is 17.6 Å². The lowest BCUT2D eigenvalue weighted by molar-refractivity contribution is 0.0720. The van der Waals surface area contributed by atoms with Crippen molar-refractivity contribution >= 4 is 33.4 Å². The van der Waals surface area contributed by atoms with E-state index in [0.29, 0.717) is 18.7 Å². The number of anilines is 1. The van der Waals surface area contributed by atoms with Gasteiger partial charge in [-0.2, -0.15) is 0 Å². The highest BCUT2D eigenvalue weighted by Crippen LogP contribution is 2.27. The summed E-state index contributed by atoms with van der Waals surface area (Å²) in [6, 6.07) is 9.99. The number of likely N-dealkylation sites (tertiary alicyclic amines) is 1. The third-order valence-corrected chi connectivity index (χ3v) is 6.63. The number of rotatable bonds is 5. The van der Waals surface area contributed by atoms with E-state index in [-0.39, 0.29) is 16.5 Å². The van der Waals surface area contributed by atoms with Crippen LogP contribution in [0.1, 0.15) is 29.6 Å². The van der Waals surface area contributed by atoms with Gasteiger partial charge in [-0.3, -0.25) is 9.52 Å². The molecule has 2 aromatic rings. The number of nitrogens with one attached hydrogen (secondary N) is 1. The van der Waals surface area contributed by atoms with E-state index in [0.717, 1.165) is 24.2 Å². The van der Waals surface area contributed by atoms with Gasteiger partial charge in [0.1, 0.15) is 5.82 Å². The zero-order valence-electron chi connectivity index (χ0n) is 14.9. The largest absolute Gasteiger partial charge is 0.339 e. The first-order valence-corrected chi connectivity index (χ1v) is 11.4. The lowest BCUT2D eigenvalue weighted by Crippen LogP contribution is -2.36. The van der Waals surface area contributed by atoms with Crippen molar-refractivity contribution in [2.45, 2.75) is 29.1 Å². The number of benzene rings is 2. The number of carbonyl (C=O) groups excluding carboxylic acids is 1. The highest BCUT2D eigenvalue weighted by Gasteiger charge is 2.24. The molecule has 0 spiro atoms. The normalized spacial score (nSPS) is 14.8. The molecule has 1 amide bonds. The molecule has 0 aromatic heterocycles. The van der Waals surface area contributed by atoms with Gasteiger partial charge in [-0.25, -0.2) is 12.8 Å². The van der Waals surface area contributed by atoms with Gasteiger partial charge in [0.05, 0.1) is 16.1 Å². The minimum Gasteiger partial charge on any atom is -0.339 e. The zero-order valence-corrected chi connectivity index (χ0v) is 16.6. The van der Waals surface area contributed by atoms with E-state index in [4.69, 9.17) is 0 Å². The quantitative estimate of drug-likeness (QED) is 0.760. The number of nitrogens with zero attached hydrogens (tertiary/aromatic N) is 1. The number of thioether (sulfide) groups is 1. The molecule has 1 saturated heterocycles. The summed E-state index contributed by atoms with van der Waals surface area (Å²) >= 11 is 1.39. The van der Waals surface area contributed by atoms with Crippen LogP contribution in [-0.2, 0) is 10.0 Å². The molecule has 0 atom stereocenters. The summed E-state index contributed by atoms with van der Waals surface area (Å²) in [4.78, 5) is 15.3. The van der Waals surface area contributed by atoms with Crippen molar-refractivity contribution in [3.63, 3.8) is 0 Å². The van der Waals surface area contributed by atoms with Crippen LogP contribution in [0.5, 0.6) is 0 Å². The van der Waals surface area contributed by atoms with Crippen LogP contribution in [0.2, 0.25) is 0 Å². The number of halogens is 1. The minimum absolute atomic E-state index is 0.0658. The first-order chi connectivity index (χ1) is 12.9. The maximum Gasteiger partial charge on any atom is 0.262 e. The molecule has 1 aliphatic rings. The van der Waals surface area contributed by atoms with Crippen molar-refractivity contribution in [1.29, 1.82) is 0 Å². The van der Waals surface area contributed by atoms with Crippen LogP contribution < -0.4 is 4.72 Å². The Bertz CT molecular complexity index is 942. The Hall–Kier alpha value is -2.06. The van der Waals surface area contributed by atoms with E-state index >= 15 is 0 Å². The fraction of sp³-hybridized carbons (Fsp3) is 0.316. The van der Waals surface area contributed by atoms with Gasteiger partial charge < -0.3 is 4.90 Å². The van der Waals surface area contributed by atoms with Crippen LogP contribution in [0.4, 0.5) is 10.1 Å². The smallest absolute Gasteiger partial charge is 0.262 e. The molecule has 1 aliphatic heterocycles. The van der Waals surface area contributed by atoms with Gasteiger partial charge in [0.15, 0.2) is 0 Å². The molecule has 1 fully saturated rings. The summed E-state index contributed by atoms with van der Waals surface area (Å²) < 4.78 is 41.5. The molecule has 5 nitrogen and oxygen atoms in total. The summed E-state index contributed by atoms with van der Waals surface area (Å²) in [6.45, 7) is 1.36. The predicted molar refractivity (Wildman–Crippen MR) is 105 cm³/mol. The van der Waals surface area contributed by atoms with E-state index < -0.39 is 15.8 Å². The highest BCUT2D eigenvalue weighted by molar-refractivity contribution is 7.98. The molecule has 2 aromatic carbocycles. The van der Waals surface area contributed by atoms with E-state index in [9.17, 15) is 17.6 Å². The minimum atomic E-state index is -4.02. The molecule has 1 N–H and O–H groups in total. The molecule has 0 unspecified atom stereocenters. The fourth-order valence-corrected chi connectivity index (χ4v) is 4.70. The van der Waals surface area contributed by atoms with Crippen molar-refractivity contribution in [1.82, 2.24) is 4.90 Å². The van der Waals surface area contributed by atoms with Gasteiger partial charge in [-0.05, 0) is 55.9 Å². The first-order valence-electron chi connectivity index (χ1n) is 8.67. The second-order valence-electron chi connectivity index (χ2n) is 6.30. The maximum atomic E-state index is 13.8. The Morgan fingerprint density at radius 1 is 1.11 bits per heavy atom. The van der Waals surface area contributed by atoms with Crippen molar-refractivity contribution in [3.8, 4) is 0 Å². The number of hydrogen-bond acceptors (Lipinski definition) is 4. The maximum absolute atomic E-state index is 13.8. The molecule has 3 rings (SSSR count). The van der Waals surface area contributed by atoms with E-state index in [2.05, 4.69) is 4.72 Å². The third kappa shape index (κ3) is 4.44.